The Morgan fingerprint density at radius 2 is 1.85 bits per heavy atom. The van der Waals surface area contributed by atoms with Crippen molar-refractivity contribution in [1.29, 1.82) is 0 Å². The second kappa shape index (κ2) is 10.0. The Morgan fingerprint density at radius 3 is 2.54 bits per heavy atom. The van der Waals surface area contributed by atoms with Crippen LogP contribution in [0.3, 0.4) is 0 Å². The molecule has 2 N–H and O–H groups in total. The molecule has 1 heterocycles. The fourth-order valence-electron chi connectivity index (χ4n) is 3.19. The number of ether oxygens (including phenoxy) is 1. The number of methoxy groups -OCH3 is 1. The second-order valence-corrected chi connectivity index (χ2v) is 6.31. The third-order valence-electron chi connectivity index (χ3n) is 4.69. The molecule has 2 aromatic carbocycles. The minimum absolute atomic E-state index is 0. The van der Waals surface area contributed by atoms with Crippen molar-refractivity contribution in [3.63, 3.8) is 0 Å². The van der Waals surface area contributed by atoms with Crippen LogP contribution in [0, 0.1) is 0 Å². The fourth-order valence-corrected chi connectivity index (χ4v) is 3.19. The molecule has 0 spiro atoms. The second-order valence-electron chi connectivity index (χ2n) is 6.31. The van der Waals surface area contributed by atoms with Gasteiger partial charge in [-0.1, -0.05) is 24.3 Å². The molecule has 26 heavy (non-hydrogen) atoms. The smallest absolute Gasteiger partial charge is 0.251 e. The number of anilines is 1. The van der Waals surface area contributed by atoms with E-state index in [4.69, 9.17) is 4.74 Å². The molecule has 3 rings (SSSR count). The summed E-state index contributed by atoms with van der Waals surface area (Å²) >= 11 is 0. The van der Waals surface area contributed by atoms with Gasteiger partial charge in [-0.05, 0) is 30.3 Å². The molecule has 0 bridgehead atoms. The monoisotopic (exact) mass is 375 g/mol. The number of nitrogens with zero attached hydrogens (tertiary/aromatic N) is 1. The first-order valence-electron chi connectivity index (χ1n) is 8.82. The molecule has 1 saturated heterocycles. The number of nitrogens with one attached hydrogen (secondary N) is 2. The van der Waals surface area contributed by atoms with Gasteiger partial charge in [0.1, 0.15) is 5.75 Å². The summed E-state index contributed by atoms with van der Waals surface area (Å²) in [6.45, 7) is 5.97. The zero-order valence-corrected chi connectivity index (χ0v) is 15.8. The third kappa shape index (κ3) is 5.38. The highest BCUT2D eigenvalue weighted by Gasteiger charge is 2.19. The number of carbonyl (C=O) groups excluding carboxylic acids is 1. The lowest BCUT2D eigenvalue weighted by Gasteiger charge is -2.33. The normalized spacial score (nSPS) is 14.4. The van der Waals surface area contributed by atoms with E-state index in [1.165, 1.54) is 10.6 Å². The van der Waals surface area contributed by atoms with Crippen molar-refractivity contribution in [1.82, 2.24) is 5.32 Å². The number of amides is 1. The number of halogens is 1. The summed E-state index contributed by atoms with van der Waals surface area (Å²) in [6, 6.07) is 17.8. The summed E-state index contributed by atoms with van der Waals surface area (Å²) in [4.78, 5) is 16.2. The van der Waals surface area contributed by atoms with E-state index in [1.807, 2.05) is 18.2 Å². The average Bonchev–Trinajstić information content (AvgIpc) is 2.69. The van der Waals surface area contributed by atoms with Gasteiger partial charge in [0.05, 0.1) is 46.4 Å². The van der Waals surface area contributed by atoms with E-state index in [-0.39, 0.29) is 18.3 Å². The number of rotatable bonds is 6. The Bertz CT molecular complexity index is 688. The molecular weight excluding hydrogens is 350 g/mol. The Kier molecular flexibility index (Phi) is 7.75. The maximum atomic E-state index is 12.2. The molecule has 0 aromatic heterocycles. The van der Waals surface area contributed by atoms with Gasteiger partial charge in [0.25, 0.3) is 5.91 Å². The van der Waals surface area contributed by atoms with Crippen molar-refractivity contribution in [2.45, 2.75) is 0 Å². The molecule has 1 aliphatic heterocycles. The Morgan fingerprint density at radius 1 is 1.12 bits per heavy atom. The Hall–Kier alpha value is -2.24. The number of piperazine rings is 1. The number of hydrogen-bond acceptors (Lipinski definition) is 3. The summed E-state index contributed by atoms with van der Waals surface area (Å²) in [5, 5.41) is 3.01. The Balaban J connectivity index is 0.00000243. The number of benzene rings is 2. The molecule has 2 aromatic rings. The van der Waals surface area contributed by atoms with Crippen LogP contribution in [0.4, 0.5) is 5.69 Å². The van der Waals surface area contributed by atoms with Gasteiger partial charge in [-0.25, -0.2) is 0 Å². The summed E-state index contributed by atoms with van der Waals surface area (Å²) < 4.78 is 5.16. The summed E-state index contributed by atoms with van der Waals surface area (Å²) in [5.41, 5.74) is 1.94. The van der Waals surface area contributed by atoms with Crippen molar-refractivity contribution in [3.8, 4) is 5.75 Å². The molecule has 0 saturated carbocycles. The van der Waals surface area contributed by atoms with Crippen LogP contribution in [0.1, 0.15) is 10.4 Å². The first-order chi connectivity index (χ1) is 12.3. The Labute approximate surface area is 161 Å². The van der Waals surface area contributed by atoms with Crippen LogP contribution in [0.15, 0.2) is 54.6 Å². The molecule has 140 valence electrons. The molecular formula is C20H26ClN3O2. The van der Waals surface area contributed by atoms with E-state index in [2.05, 4.69) is 40.5 Å². The van der Waals surface area contributed by atoms with Crippen LogP contribution >= 0.6 is 0 Å². The molecule has 1 aliphatic rings. The highest BCUT2D eigenvalue weighted by atomic mass is 35.5. The molecule has 0 atom stereocenters. The minimum atomic E-state index is -0.0405. The highest BCUT2D eigenvalue weighted by molar-refractivity contribution is 5.94. The van der Waals surface area contributed by atoms with Crippen molar-refractivity contribution >= 4 is 11.6 Å². The van der Waals surface area contributed by atoms with Gasteiger partial charge in [0, 0.05) is 11.3 Å². The topological polar surface area (TPSA) is 46.0 Å². The number of quaternary nitrogens is 1. The van der Waals surface area contributed by atoms with Crippen molar-refractivity contribution in [2.24, 2.45) is 0 Å². The largest absolute Gasteiger partial charge is 1.00 e. The molecule has 0 radical (unpaired) electrons. The van der Waals surface area contributed by atoms with Crippen LogP contribution < -0.4 is 32.3 Å². The number of carbonyl (C=O) groups is 1. The first-order valence-corrected chi connectivity index (χ1v) is 8.82. The van der Waals surface area contributed by atoms with Gasteiger partial charge >= 0.3 is 0 Å². The van der Waals surface area contributed by atoms with Crippen molar-refractivity contribution < 1.29 is 26.8 Å². The SMILES string of the molecule is COc1cccc(C(=O)NCC[NH+]2CCN(c3ccccc3)CC2)c1.[Cl-]. The number of para-hydroxylation sites is 1. The van der Waals surface area contributed by atoms with Crippen LogP contribution in [0.2, 0.25) is 0 Å². The zero-order valence-electron chi connectivity index (χ0n) is 15.1. The lowest BCUT2D eigenvalue weighted by Crippen LogP contribution is -3.15. The van der Waals surface area contributed by atoms with E-state index in [0.29, 0.717) is 17.9 Å². The lowest BCUT2D eigenvalue weighted by atomic mass is 10.2. The van der Waals surface area contributed by atoms with Gasteiger partial charge in [0.2, 0.25) is 0 Å². The van der Waals surface area contributed by atoms with Crippen LogP contribution in [-0.4, -0.2) is 52.3 Å². The van der Waals surface area contributed by atoms with E-state index in [9.17, 15) is 4.79 Å². The van der Waals surface area contributed by atoms with Gasteiger partial charge in [-0.2, -0.15) is 0 Å². The molecule has 0 unspecified atom stereocenters. The lowest BCUT2D eigenvalue weighted by molar-refractivity contribution is -0.899. The molecule has 1 fully saturated rings. The molecule has 1 amide bonds. The van der Waals surface area contributed by atoms with Crippen molar-refractivity contribution in [3.05, 3.63) is 60.2 Å². The maximum Gasteiger partial charge on any atom is 0.251 e. The van der Waals surface area contributed by atoms with Crippen molar-refractivity contribution in [2.75, 3.05) is 51.3 Å². The van der Waals surface area contributed by atoms with Gasteiger partial charge < -0.3 is 32.3 Å². The van der Waals surface area contributed by atoms with Crippen LogP contribution in [0.5, 0.6) is 5.75 Å². The minimum Gasteiger partial charge on any atom is -1.00 e. The van der Waals surface area contributed by atoms with Gasteiger partial charge in [-0.3, -0.25) is 4.79 Å². The third-order valence-corrected chi connectivity index (χ3v) is 4.69. The van der Waals surface area contributed by atoms with E-state index in [0.717, 1.165) is 32.7 Å². The van der Waals surface area contributed by atoms with Crippen LogP contribution in [-0.2, 0) is 0 Å². The summed E-state index contributed by atoms with van der Waals surface area (Å²) in [5.74, 6) is 0.663. The first kappa shape index (κ1) is 20.1. The summed E-state index contributed by atoms with van der Waals surface area (Å²) in [6.07, 6.45) is 0. The number of hydrogen-bond donors (Lipinski definition) is 2. The van der Waals surface area contributed by atoms with Crippen LogP contribution in [0.25, 0.3) is 0 Å². The van der Waals surface area contributed by atoms with E-state index < -0.39 is 0 Å². The molecule has 0 aliphatic carbocycles. The predicted octanol–water partition coefficient (Wildman–Crippen LogP) is -2.17. The predicted molar refractivity (Wildman–Crippen MR) is 99.5 cm³/mol. The maximum absolute atomic E-state index is 12.2. The van der Waals surface area contributed by atoms with Gasteiger partial charge in [0.15, 0.2) is 0 Å². The molecule has 5 nitrogen and oxygen atoms in total. The fraction of sp³-hybridized carbons (Fsp3) is 0.350. The molecule has 6 heteroatoms. The van der Waals surface area contributed by atoms with E-state index in [1.54, 1.807) is 13.2 Å². The summed E-state index contributed by atoms with van der Waals surface area (Å²) in [7, 11) is 1.61. The van der Waals surface area contributed by atoms with E-state index >= 15 is 0 Å². The average molecular weight is 376 g/mol. The highest BCUT2D eigenvalue weighted by Crippen LogP contribution is 2.13. The van der Waals surface area contributed by atoms with Gasteiger partial charge in [-0.15, -0.1) is 0 Å². The quantitative estimate of drug-likeness (QED) is 0.604. The standard InChI is InChI=1S/C20H25N3O2.ClH/c1-25-19-9-5-6-17(16-19)20(24)21-10-11-22-12-14-23(15-13-22)18-7-3-2-4-8-18;/h2-9,16H,10-15H2,1H3,(H,21,24);1H. The zero-order chi connectivity index (χ0) is 17.5.